The van der Waals surface area contributed by atoms with Gasteiger partial charge in [0.05, 0.1) is 6.04 Å². The highest BCUT2D eigenvalue weighted by Gasteiger charge is 2.34. The van der Waals surface area contributed by atoms with Crippen LogP contribution in [0, 0.1) is 5.92 Å². The fourth-order valence-electron chi connectivity index (χ4n) is 2.89. The summed E-state index contributed by atoms with van der Waals surface area (Å²) in [6.07, 6.45) is 5.79. The van der Waals surface area contributed by atoms with Crippen LogP contribution in [0.1, 0.15) is 37.5 Å². The number of aromatic nitrogens is 3. The number of fused-ring (bicyclic) bond motifs is 3. The van der Waals surface area contributed by atoms with Crippen molar-refractivity contribution in [3.8, 4) is 0 Å². The number of anilines is 1. The van der Waals surface area contributed by atoms with Gasteiger partial charge in [0.2, 0.25) is 5.95 Å². The number of hydrogen-bond acceptors (Lipinski definition) is 4. The minimum absolute atomic E-state index is 0.593. The maximum atomic E-state index is 5.51. The van der Waals surface area contributed by atoms with Gasteiger partial charge in [0.15, 0.2) is 5.82 Å². The third-order valence-corrected chi connectivity index (χ3v) is 3.74. The third kappa shape index (κ3) is 1.59. The van der Waals surface area contributed by atoms with Gasteiger partial charge in [-0.3, -0.25) is 0 Å². The Kier molecular flexibility index (Phi) is 2.55. The molecule has 2 unspecified atom stereocenters. The van der Waals surface area contributed by atoms with Crippen molar-refractivity contribution < 1.29 is 0 Å². The quantitative estimate of drug-likeness (QED) is 0.797. The molecule has 1 saturated carbocycles. The number of aryl methyl sites for hydroxylation is 1. The summed E-state index contributed by atoms with van der Waals surface area (Å²) in [6.45, 7) is 1.78. The van der Waals surface area contributed by atoms with Gasteiger partial charge in [-0.05, 0) is 31.7 Å². The van der Waals surface area contributed by atoms with E-state index in [0.717, 1.165) is 37.1 Å². The van der Waals surface area contributed by atoms with Crippen molar-refractivity contribution in [3.63, 3.8) is 0 Å². The lowest BCUT2D eigenvalue weighted by Crippen LogP contribution is -2.29. The van der Waals surface area contributed by atoms with Crippen LogP contribution in [-0.4, -0.2) is 27.9 Å². The molecule has 5 heteroatoms. The molecule has 1 aliphatic carbocycles. The molecule has 1 aromatic heterocycles. The first-order valence-corrected chi connectivity index (χ1v) is 6.28. The number of rotatable bonds is 3. The van der Waals surface area contributed by atoms with E-state index in [4.69, 9.17) is 5.73 Å². The summed E-state index contributed by atoms with van der Waals surface area (Å²) >= 11 is 0. The number of hydrogen-bond donors (Lipinski definition) is 2. The molecule has 2 atom stereocenters. The summed E-state index contributed by atoms with van der Waals surface area (Å²) in [5.74, 6) is 2.67. The lowest BCUT2D eigenvalue weighted by atomic mass is 10.0. The average molecular weight is 221 g/mol. The fourth-order valence-corrected chi connectivity index (χ4v) is 2.89. The molecule has 1 aromatic rings. The predicted molar refractivity (Wildman–Crippen MR) is 62.3 cm³/mol. The molecule has 0 spiro atoms. The van der Waals surface area contributed by atoms with Gasteiger partial charge in [-0.15, -0.1) is 0 Å². The van der Waals surface area contributed by atoms with E-state index in [0.29, 0.717) is 12.6 Å². The van der Waals surface area contributed by atoms with Crippen LogP contribution in [0.4, 0.5) is 5.95 Å². The van der Waals surface area contributed by atoms with Crippen LogP contribution >= 0.6 is 0 Å². The predicted octanol–water partition coefficient (Wildman–Crippen LogP) is 0.936. The van der Waals surface area contributed by atoms with E-state index in [9.17, 15) is 0 Å². The minimum atomic E-state index is 0.593. The second kappa shape index (κ2) is 4.05. The average Bonchev–Trinajstić information content (AvgIpc) is 2.90. The van der Waals surface area contributed by atoms with E-state index in [2.05, 4.69) is 20.1 Å². The fraction of sp³-hybridized carbons (Fsp3) is 0.818. The Balaban J connectivity index is 1.82. The summed E-state index contributed by atoms with van der Waals surface area (Å²) in [7, 11) is 0. The van der Waals surface area contributed by atoms with Crippen molar-refractivity contribution >= 4 is 5.95 Å². The Morgan fingerprint density at radius 1 is 1.44 bits per heavy atom. The zero-order valence-corrected chi connectivity index (χ0v) is 9.52. The lowest BCUT2D eigenvalue weighted by molar-refractivity contribution is 0.345. The first kappa shape index (κ1) is 10.1. The second-order valence-electron chi connectivity index (χ2n) is 4.83. The van der Waals surface area contributed by atoms with Crippen LogP contribution in [0.2, 0.25) is 0 Å². The van der Waals surface area contributed by atoms with Crippen molar-refractivity contribution in [3.05, 3.63) is 5.82 Å². The summed E-state index contributed by atoms with van der Waals surface area (Å²) in [5.41, 5.74) is 5.51. The summed E-state index contributed by atoms with van der Waals surface area (Å²) in [5, 5.41) is 8.01. The Bertz CT molecular complexity index is 372. The molecule has 16 heavy (non-hydrogen) atoms. The van der Waals surface area contributed by atoms with Crippen LogP contribution < -0.4 is 11.1 Å². The number of nitrogens with one attached hydrogen (secondary N) is 1. The van der Waals surface area contributed by atoms with Gasteiger partial charge in [0, 0.05) is 13.0 Å². The van der Waals surface area contributed by atoms with Crippen molar-refractivity contribution in [1.29, 1.82) is 0 Å². The normalized spacial score (nSPS) is 27.3. The van der Waals surface area contributed by atoms with Crippen molar-refractivity contribution in [2.45, 2.75) is 38.1 Å². The summed E-state index contributed by atoms with van der Waals surface area (Å²) in [4.78, 5) is 4.53. The highest BCUT2D eigenvalue weighted by atomic mass is 15.4. The van der Waals surface area contributed by atoms with E-state index in [1.165, 1.54) is 19.3 Å². The van der Waals surface area contributed by atoms with E-state index in [1.807, 2.05) is 0 Å². The SMILES string of the molecule is NCCCc1nc2n(n1)C1CCCC1CN2. The van der Waals surface area contributed by atoms with Crippen LogP contribution in [-0.2, 0) is 6.42 Å². The lowest BCUT2D eigenvalue weighted by Gasteiger charge is -2.26. The van der Waals surface area contributed by atoms with Crippen molar-refractivity contribution in [2.75, 3.05) is 18.4 Å². The molecule has 0 bridgehead atoms. The standard InChI is InChI=1S/C11H19N5/c12-6-2-5-10-14-11-13-7-8-3-1-4-9(8)16(11)15-10/h8-9H,1-7,12H2,(H,13,14,15). The molecule has 0 amide bonds. The van der Waals surface area contributed by atoms with Crippen LogP contribution in [0.3, 0.4) is 0 Å². The molecule has 0 aromatic carbocycles. The van der Waals surface area contributed by atoms with E-state index in [1.54, 1.807) is 0 Å². The molecule has 0 radical (unpaired) electrons. The number of nitrogens with zero attached hydrogens (tertiary/aromatic N) is 3. The smallest absolute Gasteiger partial charge is 0.221 e. The number of nitrogens with two attached hydrogens (primary N) is 1. The molecule has 3 rings (SSSR count). The Morgan fingerprint density at radius 3 is 3.25 bits per heavy atom. The molecular formula is C11H19N5. The van der Waals surface area contributed by atoms with E-state index < -0.39 is 0 Å². The molecule has 0 saturated heterocycles. The van der Waals surface area contributed by atoms with Crippen molar-refractivity contribution in [1.82, 2.24) is 14.8 Å². The molecule has 2 aliphatic rings. The van der Waals surface area contributed by atoms with E-state index >= 15 is 0 Å². The van der Waals surface area contributed by atoms with E-state index in [-0.39, 0.29) is 0 Å². The maximum absolute atomic E-state index is 5.51. The molecule has 88 valence electrons. The van der Waals surface area contributed by atoms with Gasteiger partial charge in [0.1, 0.15) is 0 Å². The van der Waals surface area contributed by atoms with Gasteiger partial charge < -0.3 is 11.1 Å². The highest BCUT2D eigenvalue weighted by molar-refractivity contribution is 5.29. The Hall–Kier alpha value is -1.10. The molecule has 5 nitrogen and oxygen atoms in total. The first-order chi connectivity index (χ1) is 7.88. The summed E-state index contributed by atoms with van der Waals surface area (Å²) in [6, 6.07) is 0.593. The second-order valence-corrected chi connectivity index (χ2v) is 4.83. The van der Waals surface area contributed by atoms with Gasteiger partial charge in [0.25, 0.3) is 0 Å². The Labute approximate surface area is 95.4 Å². The molecule has 1 aliphatic heterocycles. The van der Waals surface area contributed by atoms with Crippen molar-refractivity contribution in [2.24, 2.45) is 11.7 Å². The van der Waals surface area contributed by atoms with Gasteiger partial charge in [-0.2, -0.15) is 10.1 Å². The minimum Gasteiger partial charge on any atom is -0.354 e. The largest absolute Gasteiger partial charge is 0.354 e. The van der Waals surface area contributed by atoms with Crippen LogP contribution in [0.15, 0.2) is 0 Å². The van der Waals surface area contributed by atoms with Crippen LogP contribution in [0.25, 0.3) is 0 Å². The van der Waals surface area contributed by atoms with Gasteiger partial charge in [-0.1, -0.05) is 6.42 Å². The topological polar surface area (TPSA) is 68.8 Å². The summed E-state index contributed by atoms with van der Waals surface area (Å²) < 4.78 is 2.12. The molecular weight excluding hydrogens is 202 g/mol. The molecule has 1 fully saturated rings. The third-order valence-electron chi connectivity index (χ3n) is 3.74. The zero-order valence-electron chi connectivity index (χ0n) is 9.52. The van der Waals surface area contributed by atoms with Crippen LogP contribution in [0.5, 0.6) is 0 Å². The zero-order chi connectivity index (χ0) is 11.0. The highest BCUT2D eigenvalue weighted by Crippen LogP contribution is 2.39. The van der Waals surface area contributed by atoms with Gasteiger partial charge in [-0.25, -0.2) is 4.68 Å². The monoisotopic (exact) mass is 221 g/mol. The van der Waals surface area contributed by atoms with Gasteiger partial charge >= 0.3 is 0 Å². The maximum Gasteiger partial charge on any atom is 0.221 e. The first-order valence-electron chi connectivity index (χ1n) is 6.28. The Morgan fingerprint density at radius 2 is 2.38 bits per heavy atom. The molecule has 2 heterocycles. The molecule has 3 N–H and O–H groups in total.